The number of nitrogens with one attached hydrogen (secondary N) is 1. The molecule has 0 aliphatic heterocycles. The first-order chi connectivity index (χ1) is 10.5. The van der Waals surface area contributed by atoms with Crippen LogP contribution in [0.15, 0.2) is 24.3 Å². The van der Waals surface area contributed by atoms with E-state index >= 15 is 0 Å². The number of aryl methyl sites for hydroxylation is 1. The summed E-state index contributed by atoms with van der Waals surface area (Å²) in [5, 5.41) is 3.08. The van der Waals surface area contributed by atoms with E-state index < -0.39 is 4.33 Å². The Balaban J connectivity index is 1.37. The summed E-state index contributed by atoms with van der Waals surface area (Å²) in [4.78, 5) is 12.5. The van der Waals surface area contributed by atoms with Gasteiger partial charge >= 0.3 is 0 Å². The molecule has 1 aromatic rings. The van der Waals surface area contributed by atoms with E-state index in [4.69, 9.17) is 23.2 Å². The molecule has 0 radical (unpaired) electrons. The number of halogens is 2. The van der Waals surface area contributed by atoms with E-state index in [1.165, 1.54) is 5.56 Å². The van der Waals surface area contributed by atoms with Crippen molar-refractivity contribution in [3.8, 4) is 0 Å². The van der Waals surface area contributed by atoms with Gasteiger partial charge in [0, 0.05) is 11.6 Å². The molecular formula is C18H21Cl2NO. The number of hydrogen-bond donors (Lipinski definition) is 1. The Morgan fingerprint density at radius 2 is 1.59 bits per heavy atom. The van der Waals surface area contributed by atoms with Crippen molar-refractivity contribution in [2.75, 3.05) is 5.32 Å². The Hall–Kier alpha value is -0.730. The highest BCUT2D eigenvalue weighted by Crippen LogP contribution is 2.67. The summed E-state index contributed by atoms with van der Waals surface area (Å²) < 4.78 is -0.476. The van der Waals surface area contributed by atoms with Crippen molar-refractivity contribution in [1.29, 1.82) is 0 Å². The molecule has 1 N–H and O–H groups in total. The Morgan fingerprint density at radius 1 is 1.05 bits per heavy atom. The van der Waals surface area contributed by atoms with E-state index in [2.05, 4.69) is 5.32 Å². The lowest BCUT2D eigenvalue weighted by Crippen LogP contribution is -2.15. The SMILES string of the molecule is Cc1ccc(NC(=O)C2[C@@H]3CC[C@@H]4[C@H](CC[C@@H]23)C4(Cl)Cl)cc1. The molecule has 1 aromatic carbocycles. The molecule has 1 unspecified atom stereocenters. The first-order valence-electron chi connectivity index (χ1n) is 8.24. The molecule has 4 rings (SSSR count). The van der Waals surface area contributed by atoms with Gasteiger partial charge in [-0.05, 0) is 68.4 Å². The van der Waals surface area contributed by atoms with Crippen LogP contribution in [0.2, 0.25) is 0 Å². The second-order valence-corrected chi connectivity index (χ2v) is 8.70. The lowest BCUT2D eigenvalue weighted by Gasteiger charge is -2.05. The van der Waals surface area contributed by atoms with Gasteiger partial charge in [0.05, 0.1) is 0 Å². The minimum Gasteiger partial charge on any atom is -0.326 e. The minimum absolute atomic E-state index is 0.192. The molecule has 4 heteroatoms. The van der Waals surface area contributed by atoms with Crippen molar-refractivity contribution in [3.05, 3.63) is 29.8 Å². The first kappa shape index (κ1) is 14.8. The van der Waals surface area contributed by atoms with Crippen molar-refractivity contribution in [1.82, 2.24) is 0 Å². The molecule has 5 atom stereocenters. The van der Waals surface area contributed by atoms with E-state index in [0.717, 1.165) is 31.4 Å². The fraction of sp³-hybridized carbons (Fsp3) is 0.611. The highest BCUT2D eigenvalue weighted by molar-refractivity contribution is 6.51. The zero-order valence-electron chi connectivity index (χ0n) is 12.7. The maximum absolute atomic E-state index is 12.5. The van der Waals surface area contributed by atoms with Crippen molar-refractivity contribution >= 4 is 34.8 Å². The Labute approximate surface area is 141 Å². The number of fused-ring (bicyclic) bond motifs is 2. The van der Waals surface area contributed by atoms with Crippen LogP contribution in [0, 0.1) is 36.5 Å². The maximum Gasteiger partial charge on any atom is 0.228 e. The molecule has 118 valence electrons. The Morgan fingerprint density at radius 3 is 2.14 bits per heavy atom. The van der Waals surface area contributed by atoms with Crippen molar-refractivity contribution < 1.29 is 4.79 Å². The van der Waals surface area contributed by atoms with E-state index in [1.54, 1.807) is 0 Å². The summed E-state index contributed by atoms with van der Waals surface area (Å²) in [5.74, 6) is 2.37. The van der Waals surface area contributed by atoms with Gasteiger partial charge in [0.15, 0.2) is 0 Å². The molecule has 2 nitrogen and oxygen atoms in total. The van der Waals surface area contributed by atoms with Crippen LogP contribution in [-0.4, -0.2) is 10.2 Å². The molecule has 0 aromatic heterocycles. The fourth-order valence-electron chi connectivity index (χ4n) is 4.48. The van der Waals surface area contributed by atoms with Crippen LogP contribution >= 0.6 is 23.2 Å². The molecule has 0 bridgehead atoms. The lowest BCUT2D eigenvalue weighted by atomic mass is 10.0. The summed E-state index contributed by atoms with van der Waals surface area (Å²) in [6, 6.07) is 8.00. The van der Waals surface area contributed by atoms with E-state index in [1.807, 2.05) is 31.2 Å². The van der Waals surface area contributed by atoms with Crippen LogP contribution in [0.1, 0.15) is 31.2 Å². The zero-order valence-corrected chi connectivity index (χ0v) is 14.2. The van der Waals surface area contributed by atoms with Crippen molar-refractivity contribution in [3.63, 3.8) is 0 Å². The van der Waals surface area contributed by atoms with Gasteiger partial charge in [-0.2, -0.15) is 0 Å². The predicted octanol–water partition coefficient (Wildman–Crippen LogP) is 4.79. The Kier molecular flexibility index (Phi) is 3.47. The molecular weight excluding hydrogens is 317 g/mol. The number of rotatable bonds is 2. The molecule has 0 heterocycles. The fourth-order valence-corrected chi connectivity index (χ4v) is 5.39. The van der Waals surface area contributed by atoms with Gasteiger partial charge in [-0.3, -0.25) is 4.79 Å². The molecule has 0 spiro atoms. The zero-order chi connectivity index (χ0) is 15.5. The van der Waals surface area contributed by atoms with Gasteiger partial charge < -0.3 is 5.32 Å². The number of alkyl halides is 2. The summed E-state index contributed by atoms with van der Waals surface area (Å²) in [6.45, 7) is 2.05. The molecule has 1 amide bonds. The topological polar surface area (TPSA) is 29.1 Å². The minimum atomic E-state index is -0.476. The third-order valence-electron chi connectivity index (χ3n) is 5.94. The summed E-state index contributed by atoms with van der Waals surface area (Å²) in [6.07, 6.45) is 4.35. The molecule has 3 fully saturated rings. The molecule has 3 aliphatic rings. The maximum atomic E-state index is 12.5. The number of anilines is 1. The van der Waals surface area contributed by atoms with Crippen molar-refractivity contribution in [2.24, 2.45) is 29.6 Å². The van der Waals surface area contributed by atoms with Crippen LogP contribution in [0.3, 0.4) is 0 Å². The Bertz CT molecular complexity index is 576. The largest absolute Gasteiger partial charge is 0.326 e. The number of carbonyl (C=O) groups excluding carboxylic acids is 1. The number of carbonyl (C=O) groups is 1. The highest BCUT2D eigenvalue weighted by Gasteiger charge is 2.65. The second kappa shape index (κ2) is 5.14. The first-order valence-corrected chi connectivity index (χ1v) is 8.99. The normalized spacial score (nSPS) is 38.0. The van der Waals surface area contributed by atoms with Gasteiger partial charge in [0.1, 0.15) is 4.33 Å². The monoisotopic (exact) mass is 337 g/mol. The summed E-state index contributed by atoms with van der Waals surface area (Å²) in [7, 11) is 0. The quantitative estimate of drug-likeness (QED) is 0.772. The van der Waals surface area contributed by atoms with Crippen LogP contribution in [0.4, 0.5) is 5.69 Å². The van der Waals surface area contributed by atoms with E-state index in [9.17, 15) is 4.79 Å². The van der Waals surface area contributed by atoms with E-state index in [0.29, 0.717) is 23.7 Å². The average Bonchev–Trinajstić information content (AvgIpc) is 3.26. The van der Waals surface area contributed by atoms with Crippen LogP contribution in [-0.2, 0) is 4.79 Å². The summed E-state index contributed by atoms with van der Waals surface area (Å²) in [5.41, 5.74) is 2.11. The summed E-state index contributed by atoms with van der Waals surface area (Å²) >= 11 is 12.7. The third kappa shape index (κ3) is 2.45. The van der Waals surface area contributed by atoms with Crippen molar-refractivity contribution in [2.45, 2.75) is 36.9 Å². The smallest absolute Gasteiger partial charge is 0.228 e. The molecule has 0 saturated heterocycles. The third-order valence-corrected chi connectivity index (χ3v) is 7.06. The predicted molar refractivity (Wildman–Crippen MR) is 90.2 cm³/mol. The number of hydrogen-bond acceptors (Lipinski definition) is 1. The molecule has 3 aliphatic carbocycles. The van der Waals surface area contributed by atoms with Gasteiger partial charge in [0.25, 0.3) is 0 Å². The highest BCUT2D eigenvalue weighted by atomic mass is 35.5. The second-order valence-electron chi connectivity index (χ2n) is 7.25. The number of benzene rings is 1. The molecule has 3 saturated carbocycles. The standard InChI is InChI=1S/C18H21Cl2NO/c1-10-2-4-11(5-3-10)21-17(22)16-12-6-8-14-15(18(14,19)20)9-7-13(12)16/h2-5,12-16H,6-9H2,1H3,(H,21,22)/t12-,13-,14-,15+,16?/m1/s1. The van der Waals surface area contributed by atoms with Crippen LogP contribution in [0.25, 0.3) is 0 Å². The molecule has 22 heavy (non-hydrogen) atoms. The van der Waals surface area contributed by atoms with Crippen LogP contribution in [0.5, 0.6) is 0 Å². The lowest BCUT2D eigenvalue weighted by molar-refractivity contribution is -0.117. The van der Waals surface area contributed by atoms with Gasteiger partial charge in [0.2, 0.25) is 5.91 Å². The average molecular weight is 338 g/mol. The van der Waals surface area contributed by atoms with Gasteiger partial charge in [-0.1, -0.05) is 17.7 Å². The van der Waals surface area contributed by atoms with E-state index in [-0.39, 0.29) is 11.8 Å². The van der Waals surface area contributed by atoms with Gasteiger partial charge in [-0.15, -0.1) is 23.2 Å². The van der Waals surface area contributed by atoms with Crippen LogP contribution < -0.4 is 5.32 Å². The van der Waals surface area contributed by atoms with Gasteiger partial charge in [-0.25, -0.2) is 0 Å². The number of amides is 1.